The Morgan fingerprint density at radius 3 is 2.75 bits per heavy atom. The first kappa shape index (κ1) is 16.6. The highest BCUT2D eigenvalue weighted by molar-refractivity contribution is 7.13. The average molecular weight is 345 g/mol. The number of carbonyl (C=O) groups excluding carboxylic acids is 2. The molecule has 0 radical (unpaired) electrons. The molecule has 0 atom stereocenters. The van der Waals surface area contributed by atoms with E-state index < -0.39 is 0 Å². The molecule has 0 amide bonds. The highest BCUT2D eigenvalue weighted by Crippen LogP contribution is 2.30. The van der Waals surface area contributed by atoms with Gasteiger partial charge in [-0.25, -0.2) is 9.78 Å². The number of carbonyl (C=O) groups is 2. The molecular weight excluding hydrogens is 326 g/mol. The summed E-state index contributed by atoms with van der Waals surface area (Å²) < 4.78 is 0. The van der Waals surface area contributed by atoms with Crippen LogP contribution in [0.1, 0.15) is 48.2 Å². The van der Waals surface area contributed by atoms with Crippen LogP contribution in [0.5, 0.6) is 5.75 Å². The van der Waals surface area contributed by atoms with Crippen molar-refractivity contribution in [3.8, 4) is 16.3 Å². The van der Waals surface area contributed by atoms with E-state index in [4.69, 9.17) is 9.78 Å². The van der Waals surface area contributed by atoms with E-state index in [9.17, 15) is 9.59 Å². The number of hydrogen-bond donors (Lipinski definition) is 0. The van der Waals surface area contributed by atoms with E-state index in [-0.39, 0.29) is 11.9 Å². The number of aryl methyl sites for hydroxylation is 1. The van der Waals surface area contributed by atoms with Crippen LogP contribution in [0.25, 0.3) is 10.6 Å². The van der Waals surface area contributed by atoms with Crippen molar-refractivity contribution in [2.24, 2.45) is 5.92 Å². The Bertz CT molecular complexity index is 734. The maximum absolute atomic E-state index is 12.0. The van der Waals surface area contributed by atoms with Crippen LogP contribution in [-0.2, 0) is 9.68 Å². The number of rotatable bonds is 5. The molecule has 0 bridgehead atoms. The lowest BCUT2D eigenvalue weighted by Gasteiger charge is -2.19. The van der Waals surface area contributed by atoms with Crippen molar-refractivity contribution in [2.75, 3.05) is 0 Å². The minimum absolute atomic E-state index is 0.0624. The molecule has 2 aromatic heterocycles. The summed E-state index contributed by atoms with van der Waals surface area (Å²) in [5.41, 5.74) is 1.93. The zero-order valence-corrected chi connectivity index (χ0v) is 14.3. The normalized spacial score (nSPS) is 15.0. The van der Waals surface area contributed by atoms with Crippen LogP contribution < -0.4 is 4.89 Å². The molecule has 1 fully saturated rings. The Morgan fingerprint density at radius 1 is 1.25 bits per heavy atom. The summed E-state index contributed by atoms with van der Waals surface area (Å²) in [6.45, 7) is 1.78. The van der Waals surface area contributed by atoms with Crippen LogP contribution in [0.15, 0.2) is 23.6 Å². The molecule has 1 aliphatic rings. The van der Waals surface area contributed by atoms with E-state index in [1.54, 1.807) is 25.1 Å². The Kier molecular flexibility index (Phi) is 5.25. The van der Waals surface area contributed by atoms with E-state index >= 15 is 0 Å². The van der Waals surface area contributed by atoms with Gasteiger partial charge >= 0.3 is 5.97 Å². The first-order chi connectivity index (χ1) is 11.7. The fourth-order valence-electron chi connectivity index (χ4n) is 2.88. The Morgan fingerprint density at radius 2 is 2.04 bits per heavy atom. The highest BCUT2D eigenvalue weighted by atomic mass is 32.1. The number of aldehydes is 1. The van der Waals surface area contributed by atoms with Gasteiger partial charge in [0.25, 0.3) is 0 Å². The van der Waals surface area contributed by atoms with Crippen molar-refractivity contribution in [1.82, 2.24) is 4.98 Å². The third kappa shape index (κ3) is 3.64. The molecule has 0 aliphatic heterocycles. The molecule has 0 aromatic carbocycles. The van der Waals surface area contributed by atoms with Crippen LogP contribution in [0, 0.1) is 12.8 Å². The fourth-order valence-corrected chi connectivity index (χ4v) is 3.71. The van der Waals surface area contributed by atoms with Gasteiger partial charge in [-0.2, -0.15) is 0 Å². The van der Waals surface area contributed by atoms with E-state index in [0.29, 0.717) is 22.7 Å². The molecule has 24 heavy (non-hydrogen) atoms. The maximum Gasteiger partial charge on any atom is 0.358 e. The zero-order valence-electron chi connectivity index (χ0n) is 13.5. The first-order valence-electron chi connectivity index (χ1n) is 8.08. The number of hydrogen-bond acceptors (Lipinski definition) is 6. The molecule has 0 saturated heterocycles. The molecule has 2 aromatic rings. The molecule has 2 heterocycles. The fraction of sp³-hybridized carbons (Fsp3) is 0.389. The summed E-state index contributed by atoms with van der Waals surface area (Å²) in [7, 11) is 0. The lowest BCUT2D eigenvalue weighted by atomic mass is 9.89. The van der Waals surface area contributed by atoms with Gasteiger partial charge in [0.05, 0.1) is 22.2 Å². The minimum atomic E-state index is -0.306. The van der Waals surface area contributed by atoms with Crippen LogP contribution >= 0.6 is 11.3 Å². The summed E-state index contributed by atoms with van der Waals surface area (Å²) >= 11 is 1.46. The molecule has 6 heteroatoms. The topological polar surface area (TPSA) is 65.5 Å². The van der Waals surface area contributed by atoms with E-state index in [0.717, 1.165) is 36.8 Å². The van der Waals surface area contributed by atoms with Crippen LogP contribution in [-0.4, -0.2) is 17.2 Å². The average Bonchev–Trinajstić information content (AvgIpc) is 3.10. The van der Waals surface area contributed by atoms with Gasteiger partial charge in [0.1, 0.15) is 0 Å². The van der Waals surface area contributed by atoms with E-state index in [1.807, 2.05) is 5.38 Å². The van der Waals surface area contributed by atoms with Gasteiger partial charge in [0.2, 0.25) is 0 Å². The number of nitrogens with zero attached hydrogens (tertiary/aromatic N) is 1. The lowest BCUT2D eigenvalue weighted by Crippen LogP contribution is -2.21. The molecule has 0 spiro atoms. The van der Waals surface area contributed by atoms with Gasteiger partial charge in [0, 0.05) is 5.56 Å². The van der Waals surface area contributed by atoms with E-state index in [2.05, 4.69) is 4.98 Å². The predicted octanol–water partition coefficient (Wildman–Crippen LogP) is 4.35. The van der Waals surface area contributed by atoms with Gasteiger partial charge in [-0.05, 0) is 43.3 Å². The third-order valence-corrected chi connectivity index (χ3v) is 5.20. The second-order valence-electron chi connectivity index (χ2n) is 5.92. The standard InChI is InChI=1S/C18H19NO4S/c1-12-16(22-23-18(21)13-5-3-2-4-6-13)8-7-15(19-12)17-14(11-20)9-10-24-17/h7-11,13H,2-6H2,1H3. The summed E-state index contributed by atoms with van der Waals surface area (Å²) in [4.78, 5) is 38.5. The number of aromatic nitrogens is 1. The molecule has 1 aliphatic carbocycles. The summed E-state index contributed by atoms with van der Waals surface area (Å²) in [5.74, 6) is 0.0411. The third-order valence-electron chi connectivity index (χ3n) is 4.24. The number of pyridine rings is 1. The Hall–Kier alpha value is -2.21. The predicted molar refractivity (Wildman–Crippen MR) is 91.0 cm³/mol. The largest absolute Gasteiger partial charge is 0.358 e. The molecule has 3 rings (SSSR count). The van der Waals surface area contributed by atoms with Crippen molar-refractivity contribution in [2.45, 2.75) is 39.0 Å². The van der Waals surface area contributed by atoms with Crippen molar-refractivity contribution < 1.29 is 19.4 Å². The van der Waals surface area contributed by atoms with Gasteiger partial charge in [-0.3, -0.25) is 14.6 Å². The summed E-state index contributed by atoms with van der Waals surface area (Å²) in [6, 6.07) is 5.23. The smallest absolute Gasteiger partial charge is 0.298 e. The van der Waals surface area contributed by atoms with Crippen molar-refractivity contribution in [3.63, 3.8) is 0 Å². The SMILES string of the molecule is Cc1nc(-c2sccc2C=O)ccc1OOC(=O)C1CCCCC1. The molecule has 5 nitrogen and oxygen atoms in total. The Balaban J connectivity index is 1.67. The van der Waals surface area contributed by atoms with Crippen LogP contribution in [0.4, 0.5) is 0 Å². The number of thiophene rings is 1. The van der Waals surface area contributed by atoms with Gasteiger partial charge in [0.15, 0.2) is 12.0 Å². The molecule has 1 saturated carbocycles. The first-order valence-corrected chi connectivity index (χ1v) is 8.96. The highest BCUT2D eigenvalue weighted by Gasteiger charge is 2.24. The second-order valence-corrected chi connectivity index (χ2v) is 6.84. The molecular formula is C18H19NO4S. The summed E-state index contributed by atoms with van der Waals surface area (Å²) in [5, 5.41) is 1.85. The molecule has 126 valence electrons. The minimum Gasteiger partial charge on any atom is -0.298 e. The zero-order chi connectivity index (χ0) is 16.9. The van der Waals surface area contributed by atoms with Gasteiger partial charge < -0.3 is 0 Å². The Labute approximate surface area is 144 Å². The quantitative estimate of drug-likeness (QED) is 0.458. The lowest BCUT2D eigenvalue weighted by molar-refractivity contribution is -0.220. The second kappa shape index (κ2) is 7.57. The molecule has 0 N–H and O–H groups in total. The van der Waals surface area contributed by atoms with E-state index in [1.165, 1.54) is 17.8 Å². The maximum atomic E-state index is 12.0. The van der Waals surface area contributed by atoms with Gasteiger partial charge in [-0.15, -0.1) is 11.3 Å². The van der Waals surface area contributed by atoms with Crippen molar-refractivity contribution >= 4 is 23.6 Å². The monoisotopic (exact) mass is 345 g/mol. The van der Waals surface area contributed by atoms with Crippen molar-refractivity contribution in [3.05, 3.63) is 34.8 Å². The van der Waals surface area contributed by atoms with Crippen LogP contribution in [0.2, 0.25) is 0 Å². The summed E-state index contributed by atoms with van der Waals surface area (Å²) in [6.07, 6.45) is 5.86. The molecule has 0 unspecified atom stereocenters. The van der Waals surface area contributed by atoms with Crippen molar-refractivity contribution in [1.29, 1.82) is 0 Å². The van der Waals surface area contributed by atoms with Crippen LogP contribution in [0.3, 0.4) is 0 Å². The van der Waals surface area contributed by atoms with Gasteiger partial charge in [-0.1, -0.05) is 19.3 Å².